The van der Waals surface area contributed by atoms with Gasteiger partial charge < -0.3 is 10.1 Å². The Morgan fingerprint density at radius 3 is 2.37 bits per heavy atom. The van der Waals surface area contributed by atoms with Crippen LogP contribution >= 0.6 is 0 Å². The average Bonchev–Trinajstić information content (AvgIpc) is 2.87. The van der Waals surface area contributed by atoms with E-state index in [4.69, 9.17) is 4.74 Å². The van der Waals surface area contributed by atoms with Gasteiger partial charge in [-0.2, -0.15) is 10.4 Å². The molecule has 0 aliphatic rings. The summed E-state index contributed by atoms with van der Waals surface area (Å²) in [6.45, 7) is 5.95. The van der Waals surface area contributed by atoms with E-state index in [1.54, 1.807) is 42.5 Å². The number of carbonyl (C=O) groups is 2. The number of nitriles is 1. The molecule has 1 atom stereocenters. The third-order valence-electron chi connectivity index (χ3n) is 5.35. The van der Waals surface area contributed by atoms with Crippen LogP contribution in [-0.2, 0) is 11.4 Å². The number of benzene rings is 3. The van der Waals surface area contributed by atoms with E-state index in [-0.39, 0.29) is 18.4 Å². The molecule has 7 heteroatoms. The van der Waals surface area contributed by atoms with Gasteiger partial charge >= 0.3 is 0 Å². The largest absolute Gasteiger partial charge is 0.489 e. The molecule has 3 aromatic carbocycles. The Bertz CT molecular complexity index is 1230. The summed E-state index contributed by atoms with van der Waals surface area (Å²) >= 11 is 0. The molecule has 1 unspecified atom stereocenters. The minimum atomic E-state index is -0.729. The third kappa shape index (κ3) is 7.27. The summed E-state index contributed by atoms with van der Waals surface area (Å²) < 4.78 is 5.76. The van der Waals surface area contributed by atoms with Crippen LogP contribution in [0.2, 0.25) is 0 Å². The first kappa shape index (κ1) is 25.2. The molecule has 0 spiro atoms. The van der Waals surface area contributed by atoms with Crippen molar-refractivity contribution in [2.24, 2.45) is 11.0 Å². The van der Waals surface area contributed by atoms with Crippen molar-refractivity contribution in [3.63, 3.8) is 0 Å². The highest BCUT2D eigenvalue weighted by Crippen LogP contribution is 2.15. The standard InChI is InChI=1S/C28H28N4O3/c1-19(2)26(31-27(33)22-12-8-20(3)9-13-22)28(34)32-30-17-21-10-14-25(15-11-21)35-18-24-7-5-4-6-23(24)16-29/h4-15,17,19,26H,18H2,1-3H3,(H,31,33)(H,32,34)/b30-17+. The Labute approximate surface area is 205 Å². The molecule has 0 aliphatic carbocycles. The highest BCUT2D eigenvalue weighted by Gasteiger charge is 2.24. The fraction of sp³-hybridized carbons (Fsp3) is 0.214. The molecule has 7 nitrogen and oxygen atoms in total. The molecule has 0 bridgehead atoms. The van der Waals surface area contributed by atoms with E-state index in [1.165, 1.54) is 6.21 Å². The molecule has 0 aromatic heterocycles. The van der Waals surface area contributed by atoms with Crippen molar-refractivity contribution in [2.75, 3.05) is 0 Å². The molecule has 0 saturated carbocycles. The van der Waals surface area contributed by atoms with E-state index in [0.29, 0.717) is 16.9 Å². The summed E-state index contributed by atoms with van der Waals surface area (Å²) in [5.41, 5.74) is 6.22. The van der Waals surface area contributed by atoms with Crippen molar-refractivity contribution >= 4 is 18.0 Å². The van der Waals surface area contributed by atoms with Gasteiger partial charge in [-0.3, -0.25) is 9.59 Å². The molecular weight excluding hydrogens is 440 g/mol. The molecule has 0 heterocycles. The number of amides is 2. The SMILES string of the molecule is Cc1ccc(C(=O)NC(C(=O)N/N=C/c2ccc(OCc3ccccc3C#N)cc2)C(C)C)cc1. The summed E-state index contributed by atoms with van der Waals surface area (Å²) in [4.78, 5) is 25.2. The zero-order chi connectivity index (χ0) is 25.2. The van der Waals surface area contributed by atoms with E-state index in [0.717, 1.165) is 16.7 Å². The Morgan fingerprint density at radius 2 is 1.71 bits per heavy atom. The van der Waals surface area contributed by atoms with E-state index in [2.05, 4.69) is 21.9 Å². The fourth-order valence-electron chi connectivity index (χ4n) is 3.27. The van der Waals surface area contributed by atoms with Gasteiger partial charge in [0.1, 0.15) is 18.4 Å². The molecule has 178 valence electrons. The molecule has 35 heavy (non-hydrogen) atoms. The molecule has 0 fully saturated rings. The van der Waals surface area contributed by atoms with Crippen molar-refractivity contribution in [3.8, 4) is 11.8 Å². The van der Waals surface area contributed by atoms with Crippen LogP contribution < -0.4 is 15.5 Å². The monoisotopic (exact) mass is 468 g/mol. The highest BCUT2D eigenvalue weighted by molar-refractivity contribution is 5.97. The van der Waals surface area contributed by atoms with Gasteiger partial charge in [-0.05, 0) is 60.9 Å². The van der Waals surface area contributed by atoms with Crippen LogP contribution in [0.15, 0.2) is 77.9 Å². The minimum absolute atomic E-state index is 0.123. The maximum atomic E-state index is 12.6. The van der Waals surface area contributed by atoms with Gasteiger partial charge in [0, 0.05) is 11.1 Å². The summed E-state index contributed by atoms with van der Waals surface area (Å²) in [6, 6.07) is 23.1. The van der Waals surface area contributed by atoms with Gasteiger partial charge in [-0.15, -0.1) is 0 Å². The van der Waals surface area contributed by atoms with E-state index in [9.17, 15) is 14.9 Å². The van der Waals surface area contributed by atoms with Gasteiger partial charge in [0.05, 0.1) is 17.8 Å². The van der Waals surface area contributed by atoms with E-state index in [1.807, 2.05) is 51.1 Å². The van der Waals surface area contributed by atoms with E-state index < -0.39 is 11.9 Å². The van der Waals surface area contributed by atoms with Crippen LogP contribution in [0, 0.1) is 24.2 Å². The summed E-state index contributed by atoms with van der Waals surface area (Å²) in [6.07, 6.45) is 1.52. The number of nitrogens with one attached hydrogen (secondary N) is 2. The summed E-state index contributed by atoms with van der Waals surface area (Å²) in [5.74, 6) is -0.177. The van der Waals surface area contributed by atoms with Crippen LogP contribution in [-0.4, -0.2) is 24.1 Å². The van der Waals surface area contributed by atoms with Gasteiger partial charge in [-0.1, -0.05) is 49.7 Å². The second-order valence-electron chi connectivity index (χ2n) is 8.42. The number of aryl methyl sites for hydroxylation is 1. The lowest BCUT2D eigenvalue weighted by atomic mass is 10.0. The number of carbonyl (C=O) groups excluding carboxylic acids is 2. The maximum absolute atomic E-state index is 12.6. The van der Waals surface area contributed by atoms with Crippen molar-refractivity contribution < 1.29 is 14.3 Å². The van der Waals surface area contributed by atoms with Crippen LogP contribution in [0.1, 0.15) is 46.5 Å². The smallest absolute Gasteiger partial charge is 0.262 e. The second-order valence-corrected chi connectivity index (χ2v) is 8.42. The predicted octanol–water partition coefficient (Wildman–Crippen LogP) is 4.35. The van der Waals surface area contributed by atoms with E-state index >= 15 is 0 Å². The van der Waals surface area contributed by atoms with Crippen molar-refractivity contribution in [1.82, 2.24) is 10.7 Å². The van der Waals surface area contributed by atoms with Gasteiger partial charge in [0.2, 0.25) is 0 Å². The third-order valence-corrected chi connectivity index (χ3v) is 5.35. The lowest BCUT2D eigenvalue weighted by Gasteiger charge is -2.20. The lowest BCUT2D eigenvalue weighted by molar-refractivity contribution is -0.123. The minimum Gasteiger partial charge on any atom is -0.489 e. The van der Waals surface area contributed by atoms with Crippen LogP contribution in [0.25, 0.3) is 0 Å². The number of hydrogen-bond acceptors (Lipinski definition) is 5. The molecule has 0 saturated heterocycles. The van der Waals surface area contributed by atoms with Crippen LogP contribution in [0.4, 0.5) is 0 Å². The van der Waals surface area contributed by atoms with Crippen LogP contribution in [0.3, 0.4) is 0 Å². The fourth-order valence-corrected chi connectivity index (χ4v) is 3.27. The zero-order valence-electron chi connectivity index (χ0n) is 20.0. The van der Waals surface area contributed by atoms with Crippen molar-refractivity contribution in [2.45, 2.75) is 33.4 Å². The number of rotatable bonds is 9. The van der Waals surface area contributed by atoms with Crippen molar-refractivity contribution in [1.29, 1.82) is 5.26 Å². The predicted molar refractivity (Wildman–Crippen MR) is 135 cm³/mol. The van der Waals surface area contributed by atoms with Gasteiger partial charge in [0.25, 0.3) is 11.8 Å². The summed E-state index contributed by atoms with van der Waals surface area (Å²) in [7, 11) is 0. The number of hydrogen-bond donors (Lipinski definition) is 2. The number of hydrazone groups is 1. The molecular formula is C28H28N4O3. The molecule has 0 radical (unpaired) electrons. The first-order valence-corrected chi connectivity index (χ1v) is 11.3. The van der Waals surface area contributed by atoms with Gasteiger partial charge in [0.15, 0.2) is 0 Å². The summed E-state index contributed by atoms with van der Waals surface area (Å²) in [5, 5.41) is 16.0. The van der Waals surface area contributed by atoms with Crippen LogP contribution in [0.5, 0.6) is 5.75 Å². The molecule has 3 aromatic rings. The maximum Gasteiger partial charge on any atom is 0.262 e. The highest BCUT2D eigenvalue weighted by atomic mass is 16.5. The molecule has 0 aliphatic heterocycles. The average molecular weight is 469 g/mol. The number of nitrogens with zero attached hydrogens (tertiary/aromatic N) is 2. The second kappa shape index (κ2) is 12.1. The Kier molecular flexibility index (Phi) is 8.74. The lowest BCUT2D eigenvalue weighted by Crippen LogP contribution is -2.48. The Hall–Kier alpha value is -4.44. The first-order chi connectivity index (χ1) is 16.9. The molecule has 3 rings (SSSR count). The quantitative estimate of drug-likeness (QED) is 0.360. The topological polar surface area (TPSA) is 104 Å². The zero-order valence-corrected chi connectivity index (χ0v) is 20.0. The molecule has 2 amide bonds. The Morgan fingerprint density at radius 1 is 1.03 bits per heavy atom. The van der Waals surface area contributed by atoms with Gasteiger partial charge in [-0.25, -0.2) is 5.43 Å². The number of ether oxygens (including phenoxy) is 1. The van der Waals surface area contributed by atoms with Crippen molar-refractivity contribution in [3.05, 3.63) is 101 Å². The normalized spacial score (nSPS) is 11.6. The first-order valence-electron chi connectivity index (χ1n) is 11.3. The molecule has 2 N–H and O–H groups in total. The Balaban J connectivity index is 1.54.